The molecule has 0 aromatic carbocycles. The van der Waals surface area contributed by atoms with Crippen LogP contribution in [-0.4, -0.2) is 65.4 Å². The zero-order chi connectivity index (χ0) is 28.3. The number of hydrogen-bond donors (Lipinski definition) is 6. The lowest BCUT2D eigenvalue weighted by Gasteiger charge is -2.28. The highest BCUT2D eigenvalue weighted by Crippen LogP contribution is 2.37. The van der Waals surface area contributed by atoms with Crippen molar-refractivity contribution in [3.63, 3.8) is 0 Å². The van der Waals surface area contributed by atoms with E-state index in [2.05, 4.69) is 31.8 Å². The quantitative estimate of drug-likeness (QED) is 0.0989. The van der Waals surface area contributed by atoms with Gasteiger partial charge in [-0.05, 0) is 12.8 Å². The molecule has 210 valence electrons. The molecule has 0 radical (unpaired) electrons. The average Bonchev–Trinajstić information content (AvgIpc) is 3.42. The number of aromatic nitrogens is 2. The highest BCUT2D eigenvalue weighted by molar-refractivity contribution is 6.41. The molecule has 1 unspecified atom stereocenters. The second-order valence-electron chi connectivity index (χ2n) is 10.7. The van der Waals surface area contributed by atoms with Gasteiger partial charge in [0.05, 0.1) is 18.8 Å². The molecule has 1 atom stereocenters. The molecule has 0 bridgehead atoms. The first kappa shape index (κ1) is 29.2. The molecule has 13 nitrogen and oxygen atoms in total. The molecule has 0 aliphatic carbocycles. The van der Waals surface area contributed by atoms with Gasteiger partial charge < -0.3 is 27.4 Å². The Bertz CT molecular complexity index is 1100. The zero-order valence-electron chi connectivity index (χ0n) is 21.9. The van der Waals surface area contributed by atoms with Crippen molar-refractivity contribution in [3.8, 4) is 12.3 Å². The number of halogens is 2. The van der Waals surface area contributed by atoms with Crippen molar-refractivity contribution in [2.45, 2.75) is 69.5 Å². The van der Waals surface area contributed by atoms with Gasteiger partial charge in [0.2, 0.25) is 0 Å². The lowest BCUT2D eigenvalue weighted by atomic mass is 9.95. The molecule has 1 fully saturated rings. The summed E-state index contributed by atoms with van der Waals surface area (Å²) in [6.07, 6.45) is 6.07. The molecule has 2 aliphatic rings. The number of terminal acetylenes is 1. The highest BCUT2D eigenvalue weighted by atomic mass is 19.3. The molecule has 38 heavy (non-hydrogen) atoms. The highest BCUT2D eigenvalue weighted by Gasteiger charge is 2.40. The van der Waals surface area contributed by atoms with Gasteiger partial charge in [0.15, 0.2) is 17.3 Å². The van der Waals surface area contributed by atoms with E-state index in [-0.39, 0.29) is 49.1 Å². The van der Waals surface area contributed by atoms with Crippen molar-refractivity contribution >= 4 is 28.9 Å². The molecule has 1 aromatic heterocycles. The zero-order valence-corrected chi connectivity index (χ0v) is 21.9. The predicted molar refractivity (Wildman–Crippen MR) is 141 cm³/mol. The number of anilines is 3. The average molecular weight is 538 g/mol. The number of carbonyl (C=O) groups excluding carboxylic acids is 1. The van der Waals surface area contributed by atoms with Crippen LogP contribution < -0.4 is 43.7 Å². The van der Waals surface area contributed by atoms with Gasteiger partial charge in [0.1, 0.15) is 17.6 Å². The molecule has 2 aliphatic heterocycles. The van der Waals surface area contributed by atoms with Gasteiger partial charge in [-0.25, -0.2) is 24.6 Å². The Morgan fingerprint density at radius 1 is 1.34 bits per heavy atom. The van der Waals surface area contributed by atoms with E-state index in [1.54, 1.807) is 0 Å². The topological polar surface area (TPSA) is 199 Å². The maximum Gasteiger partial charge on any atom is 0.271 e. The third-order valence-corrected chi connectivity index (χ3v) is 6.21. The van der Waals surface area contributed by atoms with Crippen molar-refractivity contribution < 1.29 is 18.5 Å². The van der Waals surface area contributed by atoms with Crippen LogP contribution in [-0.2, 0) is 15.1 Å². The van der Waals surface area contributed by atoms with E-state index < -0.39 is 35.5 Å². The molecule has 10 N–H and O–H groups in total. The van der Waals surface area contributed by atoms with Gasteiger partial charge >= 0.3 is 0 Å². The van der Waals surface area contributed by atoms with Crippen LogP contribution >= 0.6 is 0 Å². The van der Waals surface area contributed by atoms with Gasteiger partial charge in [-0.2, -0.15) is 0 Å². The smallest absolute Gasteiger partial charge is 0.271 e. The largest absolute Gasteiger partial charge is 0.393 e. The molecule has 0 saturated carbocycles. The van der Waals surface area contributed by atoms with Crippen molar-refractivity contribution in [1.29, 1.82) is 0 Å². The molecule has 0 spiro atoms. The SMILES string of the molecule is C#CCCC(N)(N)CCNC(=O)C1=NONC1CN(N)c1nc(C(C)(C)C)nc(N2CCC(F)(F)C2)c1N. The molecule has 3 rings (SSSR count). The van der Waals surface area contributed by atoms with Crippen LogP contribution in [0.1, 0.15) is 52.3 Å². The predicted octanol–water partition coefficient (Wildman–Crippen LogP) is -0.325. The number of alkyl halides is 2. The summed E-state index contributed by atoms with van der Waals surface area (Å²) in [4.78, 5) is 28.1. The van der Waals surface area contributed by atoms with E-state index in [0.717, 1.165) is 0 Å². The first-order chi connectivity index (χ1) is 17.6. The summed E-state index contributed by atoms with van der Waals surface area (Å²) < 4.78 is 27.9. The normalized spacial score (nSPS) is 19.1. The standard InChI is InChI=1S/C23H37F2N11O2/c1-5-6-7-23(27,28)8-10-30-19(37)16-14(33-38-34-16)12-36(29)18-15(26)17(31-20(32-18)21(2,3)4)35-11-9-22(24,25)13-35/h1,14,33H,6-13,26-29H2,2-4H3,(H,30,37). The van der Waals surface area contributed by atoms with E-state index >= 15 is 0 Å². The first-order valence-corrected chi connectivity index (χ1v) is 12.3. The maximum absolute atomic E-state index is 13.9. The second-order valence-corrected chi connectivity index (χ2v) is 10.7. The summed E-state index contributed by atoms with van der Waals surface area (Å²) in [7, 11) is 0. The lowest BCUT2D eigenvalue weighted by molar-refractivity contribution is -0.115. The Hall–Kier alpha value is -3.32. The fraction of sp³-hybridized carbons (Fsp3) is 0.652. The number of nitrogens with two attached hydrogens (primary N) is 4. The lowest BCUT2D eigenvalue weighted by Crippen LogP contribution is -2.53. The number of hydrogen-bond acceptors (Lipinski definition) is 12. The third-order valence-electron chi connectivity index (χ3n) is 6.21. The van der Waals surface area contributed by atoms with Crippen molar-refractivity contribution in [2.75, 3.05) is 41.8 Å². The summed E-state index contributed by atoms with van der Waals surface area (Å²) in [6.45, 7) is 5.39. The van der Waals surface area contributed by atoms with Gasteiger partial charge in [-0.1, -0.05) is 25.9 Å². The number of nitrogens with one attached hydrogen (secondary N) is 2. The van der Waals surface area contributed by atoms with Crippen LogP contribution in [0.2, 0.25) is 0 Å². The number of nitrogen functional groups attached to an aromatic ring is 1. The van der Waals surface area contributed by atoms with Crippen molar-refractivity contribution in [1.82, 2.24) is 20.8 Å². The number of carbonyl (C=O) groups is 1. The van der Waals surface area contributed by atoms with E-state index in [4.69, 9.17) is 34.4 Å². The molecule has 1 aromatic rings. The summed E-state index contributed by atoms with van der Waals surface area (Å²) in [6, 6.07) is -0.756. The Kier molecular flexibility index (Phi) is 8.62. The summed E-state index contributed by atoms with van der Waals surface area (Å²) >= 11 is 0. The van der Waals surface area contributed by atoms with Gasteiger partial charge in [0, 0.05) is 31.3 Å². The van der Waals surface area contributed by atoms with E-state index in [9.17, 15) is 13.6 Å². The fourth-order valence-corrected chi connectivity index (χ4v) is 3.95. The van der Waals surface area contributed by atoms with Gasteiger partial charge in [0.25, 0.3) is 11.8 Å². The van der Waals surface area contributed by atoms with Crippen molar-refractivity contribution in [2.24, 2.45) is 22.5 Å². The van der Waals surface area contributed by atoms with E-state index in [0.29, 0.717) is 25.1 Å². The Morgan fingerprint density at radius 3 is 2.66 bits per heavy atom. The van der Waals surface area contributed by atoms with Crippen LogP contribution in [0.15, 0.2) is 5.16 Å². The molecule has 15 heteroatoms. The van der Waals surface area contributed by atoms with Crippen molar-refractivity contribution in [3.05, 3.63) is 5.82 Å². The molecule has 1 amide bonds. The second kappa shape index (κ2) is 11.2. The molecular weight excluding hydrogens is 500 g/mol. The minimum atomic E-state index is -2.85. The monoisotopic (exact) mass is 537 g/mol. The summed E-state index contributed by atoms with van der Waals surface area (Å²) in [5.41, 5.74) is 19.5. The first-order valence-electron chi connectivity index (χ1n) is 12.3. The number of amides is 1. The van der Waals surface area contributed by atoms with Gasteiger partial charge in [-0.3, -0.25) is 14.7 Å². The number of rotatable bonds is 10. The fourth-order valence-electron chi connectivity index (χ4n) is 3.95. The Labute approximate surface area is 220 Å². The van der Waals surface area contributed by atoms with Crippen LogP contribution in [0.25, 0.3) is 0 Å². The summed E-state index contributed by atoms with van der Waals surface area (Å²) in [5.74, 6) is 6.16. The van der Waals surface area contributed by atoms with Crippen LogP contribution in [0.3, 0.4) is 0 Å². The molecular formula is C23H37F2N11O2. The minimum Gasteiger partial charge on any atom is -0.393 e. The molecule has 1 saturated heterocycles. The maximum atomic E-state index is 13.9. The Balaban J connectivity index is 1.74. The summed E-state index contributed by atoms with van der Waals surface area (Å²) in [5, 5.41) is 7.69. The van der Waals surface area contributed by atoms with E-state index in [1.165, 1.54) is 9.91 Å². The van der Waals surface area contributed by atoms with Crippen LogP contribution in [0.4, 0.5) is 26.1 Å². The van der Waals surface area contributed by atoms with Gasteiger partial charge in [-0.15, -0.1) is 17.8 Å². The number of nitrogens with zero attached hydrogens (tertiary/aromatic N) is 5. The number of hydrazine groups is 1. The van der Waals surface area contributed by atoms with Crippen LogP contribution in [0, 0.1) is 12.3 Å². The van der Waals surface area contributed by atoms with Crippen LogP contribution in [0.5, 0.6) is 0 Å². The minimum absolute atomic E-state index is 0.0341. The number of hydroxylamine groups is 1. The van der Waals surface area contributed by atoms with E-state index in [1.807, 2.05) is 20.8 Å². The molecule has 3 heterocycles. The number of oxime groups is 1. The Morgan fingerprint density at radius 2 is 2.05 bits per heavy atom. The third kappa shape index (κ3) is 7.16.